The molecule has 66 valence electrons. The second-order valence-corrected chi connectivity index (χ2v) is 3.04. The predicted octanol–water partition coefficient (Wildman–Crippen LogP) is -0.472. The number of ether oxygens (including phenoxy) is 1. The van der Waals surface area contributed by atoms with Gasteiger partial charge in [-0.05, 0) is 5.92 Å². The molecule has 0 aliphatic heterocycles. The summed E-state index contributed by atoms with van der Waals surface area (Å²) in [4.78, 5) is 16.8. The fourth-order valence-electron chi connectivity index (χ4n) is 0.692. The van der Waals surface area contributed by atoms with E-state index in [0.29, 0.717) is 13.2 Å². The molecule has 0 aliphatic carbocycles. The first-order valence-corrected chi connectivity index (χ1v) is 4.67. The van der Waals surface area contributed by atoms with Crippen molar-refractivity contribution in [3.05, 3.63) is 0 Å². The molecule has 0 saturated heterocycles. The molecule has 0 saturated carbocycles. The van der Waals surface area contributed by atoms with Crippen molar-refractivity contribution in [3.63, 3.8) is 0 Å². The number of rotatable bonds is 6. The van der Waals surface area contributed by atoms with Gasteiger partial charge in [-0.1, -0.05) is 6.32 Å². The molecule has 0 fully saturated rings. The highest BCUT2D eigenvalue weighted by Gasteiger charge is 2.08. The third kappa shape index (κ3) is 6.72. The van der Waals surface area contributed by atoms with Crippen LogP contribution in [0.4, 0.5) is 0 Å². The average molecular weight is 180 g/mol. The van der Waals surface area contributed by atoms with Gasteiger partial charge in [-0.3, -0.25) is 0 Å². The SMILES string of the molecule is BC[C@H](COC)COP(O)O. The highest BCUT2D eigenvalue weighted by Crippen LogP contribution is 2.25. The molecular weight excluding hydrogens is 166 g/mol. The topological polar surface area (TPSA) is 58.9 Å². The molecule has 0 aromatic rings. The van der Waals surface area contributed by atoms with Crippen LogP contribution < -0.4 is 0 Å². The summed E-state index contributed by atoms with van der Waals surface area (Å²) in [5.74, 6) is 0.254. The Kier molecular flexibility index (Phi) is 7.22. The Hall–Kier alpha value is 0.335. The van der Waals surface area contributed by atoms with Crippen molar-refractivity contribution in [2.75, 3.05) is 20.3 Å². The van der Waals surface area contributed by atoms with Gasteiger partial charge < -0.3 is 19.0 Å². The molecule has 0 rings (SSSR count). The van der Waals surface area contributed by atoms with Gasteiger partial charge in [0.15, 0.2) is 0 Å². The van der Waals surface area contributed by atoms with Gasteiger partial charge in [0, 0.05) is 7.11 Å². The Morgan fingerprint density at radius 1 is 1.45 bits per heavy atom. The van der Waals surface area contributed by atoms with Gasteiger partial charge in [0.25, 0.3) is 0 Å². The van der Waals surface area contributed by atoms with E-state index in [1.807, 2.05) is 7.85 Å². The zero-order valence-electron chi connectivity index (χ0n) is 6.86. The lowest BCUT2D eigenvalue weighted by molar-refractivity contribution is 0.121. The van der Waals surface area contributed by atoms with Crippen LogP contribution >= 0.6 is 8.60 Å². The van der Waals surface area contributed by atoms with Crippen LogP contribution in [0, 0.1) is 5.92 Å². The Bertz CT molecular complexity index is 92.6. The minimum absolute atomic E-state index is 0.254. The Morgan fingerprint density at radius 2 is 2.09 bits per heavy atom. The highest BCUT2D eigenvalue weighted by molar-refractivity contribution is 7.39. The lowest BCUT2D eigenvalue weighted by atomic mass is 9.93. The summed E-state index contributed by atoms with van der Waals surface area (Å²) in [5, 5.41) is 0. The molecule has 0 spiro atoms. The molecule has 0 aromatic heterocycles. The van der Waals surface area contributed by atoms with Crippen molar-refractivity contribution in [2.24, 2.45) is 5.92 Å². The monoisotopic (exact) mass is 180 g/mol. The van der Waals surface area contributed by atoms with E-state index in [4.69, 9.17) is 14.5 Å². The molecule has 0 radical (unpaired) electrons. The van der Waals surface area contributed by atoms with E-state index in [9.17, 15) is 0 Å². The molecule has 1 atom stereocenters. The minimum Gasteiger partial charge on any atom is -0.384 e. The van der Waals surface area contributed by atoms with Gasteiger partial charge in [-0.25, -0.2) is 0 Å². The maximum absolute atomic E-state index is 8.42. The van der Waals surface area contributed by atoms with Crippen LogP contribution in [0.1, 0.15) is 0 Å². The molecule has 0 amide bonds. The van der Waals surface area contributed by atoms with Crippen molar-refractivity contribution in [1.29, 1.82) is 0 Å². The van der Waals surface area contributed by atoms with Gasteiger partial charge in [0.05, 0.1) is 13.2 Å². The number of methoxy groups -OCH3 is 1. The number of hydrogen-bond donors (Lipinski definition) is 2. The summed E-state index contributed by atoms with van der Waals surface area (Å²) in [5.41, 5.74) is 0. The van der Waals surface area contributed by atoms with Gasteiger partial charge in [0.2, 0.25) is 0 Å². The van der Waals surface area contributed by atoms with Crippen molar-refractivity contribution < 1.29 is 19.0 Å². The van der Waals surface area contributed by atoms with E-state index in [2.05, 4.69) is 4.52 Å². The van der Waals surface area contributed by atoms with E-state index in [1.165, 1.54) is 0 Å². The van der Waals surface area contributed by atoms with Crippen molar-refractivity contribution >= 4 is 16.4 Å². The smallest absolute Gasteiger partial charge is 0.327 e. The Balaban J connectivity index is 3.35. The summed E-state index contributed by atoms with van der Waals surface area (Å²) in [6, 6.07) is 0. The second-order valence-electron chi connectivity index (χ2n) is 2.28. The molecule has 6 heteroatoms. The second kappa shape index (κ2) is 7.01. The molecule has 0 aromatic carbocycles. The quantitative estimate of drug-likeness (QED) is 0.428. The summed E-state index contributed by atoms with van der Waals surface area (Å²) in [6.45, 7) is 0.947. The summed E-state index contributed by atoms with van der Waals surface area (Å²) in [7, 11) is 1.41. The molecule has 4 nitrogen and oxygen atoms in total. The predicted molar refractivity (Wildman–Crippen MR) is 46.0 cm³/mol. The molecule has 0 heterocycles. The van der Waals surface area contributed by atoms with Crippen LogP contribution in [-0.2, 0) is 9.26 Å². The summed E-state index contributed by atoms with van der Waals surface area (Å²) < 4.78 is 9.53. The molecule has 11 heavy (non-hydrogen) atoms. The van der Waals surface area contributed by atoms with E-state index < -0.39 is 8.60 Å². The van der Waals surface area contributed by atoms with Gasteiger partial charge in [-0.15, -0.1) is 0 Å². The molecule has 0 aliphatic rings. The van der Waals surface area contributed by atoms with Crippen molar-refractivity contribution in [1.82, 2.24) is 0 Å². The van der Waals surface area contributed by atoms with E-state index in [-0.39, 0.29) is 5.92 Å². The largest absolute Gasteiger partial charge is 0.384 e. The number of hydrogen-bond acceptors (Lipinski definition) is 4. The fourth-order valence-corrected chi connectivity index (χ4v) is 1.04. The highest BCUT2D eigenvalue weighted by atomic mass is 31.2. The fraction of sp³-hybridized carbons (Fsp3) is 1.00. The van der Waals surface area contributed by atoms with Gasteiger partial charge in [0.1, 0.15) is 7.85 Å². The Morgan fingerprint density at radius 3 is 2.45 bits per heavy atom. The average Bonchev–Trinajstić information content (AvgIpc) is 1.97. The molecular formula is C5H14BO4P. The van der Waals surface area contributed by atoms with Crippen molar-refractivity contribution in [2.45, 2.75) is 6.32 Å². The lowest BCUT2D eigenvalue weighted by Gasteiger charge is -2.13. The van der Waals surface area contributed by atoms with Gasteiger partial charge >= 0.3 is 8.60 Å². The van der Waals surface area contributed by atoms with E-state index in [0.717, 1.165) is 6.32 Å². The van der Waals surface area contributed by atoms with E-state index in [1.54, 1.807) is 7.11 Å². The van der Waals surface area contributed by atoms with Crippen LogP contribution in [0.2, 0.25) is 6.32 Å². The molecule has 2 N–H and O–H groups in total. The van der Waals surface area contributed by atoms with Crippen LogP contribution in [0.5, 0.6) is 0 Å². The van der Waals surface area contributed by atoms with Crippen LogP contribution in [0.15, 0.2) is 0 Å². The third-order valence-electron chi connectivity index (χ3n) is 1.41. The first-order chi connectivity index (χ1) is 5.20. The molecule has 0 unspecified atom stereocenters. The third-order valence-corrected chi connectivity index (χ3v) is 1.79. The normalized spacial score (nSPS) is 13.8. The van der Waals surface area contributed by atoms with Crippen LogP contribution in [0.25, 0.3) is 0 Å². The maximum Gasteiger partial charge on any atom is 0.327 e. The summed E-state index contributed by atoms with van der Waals surface area (Å²) in [6.07, 6.45) is 0.914. The van der Waals surface area contributed by atoms with Crippen LogP contribution in [0.3, 0.4) is 0 Å². The van der Waals surface area contributed by atoms with Crippen LogP contribution in [-0.4, -0.2) is 38.0 Å². The standard InChI is InChI=1S/C5H14BO4P/c1-9-3-5(2-6)4-10-11(7)8/h5,7-8H,2-4,6H2,1H3/t5-/m1/s1. The Labute approximate surface area is 68.9 Å². The van der Waals surface area contributed by atoms with E-state index >= 15 is 0 Å². The lowest BCUT2D eigenvalue weighted by Crippen LogP contribution is -2.13. The summed E-state index contributed by atoms with van der Waals surface area (Å²) >= 11 is 0. The minimum atomic E-state index is -2.20. The first-order valence-electron chi connectivity index (χ1n) is 3.50. The zero-order chi connectivity index (χ0) is 8.69. The van der Waals surface area contributed by atoms with Gasteiger partial charge in [-0.2, -0.15) is 0 Å². The maximum atomic E-state index is 8.42. The molecule has 0 bridgehead atoms. The van der Waals surface area contributed by atoms with Crippen molar-refractivity contribution in [3.8, 4) is 0 Å². The zero-order valence-corrected chi connectivity index (χ0v) is 7.75. The first kappa shape index (κ1) is 11.3.